The number of carbonyl (C=O) groups excluding carboxylic acids is 2. The maximum absolute atomic E-state index is 12.1. The topological polar surface area (TPSA) is 74.3 Å². The molecule has 0 aliphatic carbocycles. The van der Waals surface area contributed by atoms with Crippen LogP contribution in [0.3, 0.4) is 0 Å². The molecule has 2 rings (SSSR count). The van der Waals surface area contributed by atoms with Crippen molar-refractivity contribution in [1.82, 2.24) is 4.57 Å². The summed E-state index contributed by atoms with van der Waals surface area (Å²) in [5, 5.41) is 0. The van der Waals surface area contributed by atoms with Crippen LogP contribution >= 0.6 is 0 Å². The Hall–Kier alpha value is -2.56. The first-order valence-electron chi connectivity index (χ1n) is 7.17. The Morgan fingerprint density at radius 1 is 1.18 bits per heavy atom. The van der Waals surface area contributed by atoms with Crippen molar-refractivity contribution in [2.75, 3.05) is 6.61 Å². The number of ether oxygens (including phenoxy) is 1. The summed E-state index contributed by atoms with van der Waals surface area (Å²) in [5.74, 6) is -0.973. The molecule has 0 aliphatic heterocycles. The quantitative estimate of drug-likeness (QED) is 0.862. The van der Waals surface area contributed by atoms with Crippen molar-refractivity contribution in [3.8, 4) is 0 Å². The highest BCUT2D eigenvalue weighted by Gasteiger charge is 2.25. The van der Waals surface area contributed by atoms with Gasteiger partial charge in [-0.15, -0.1) is 0 Å². The number of amides is 1. The summed E-state index contributed by atoms with van der Waals surface area (Å²) in [6.45, 7) is 6.03. The third-order valence-corrected chi connectivity index (χ3v) is 3.66. The predicted molar refractivity (Wildman–Crippen MR) is 83.9 cm³/mol. The summed E-state index contributed by atoms with van der Waals surface area (Å²) in [7, 11) is 0. The first-order chi connectivity index (χ1) is 10.5. The molecule has 0 unspecified atom stereocenters. The van der Waals surface area contributed by atoms with Gasteiger partial charge in [0.1, 0.15) is 5.69 Å². The number of hydrogen-bond acceptors (Lipinski definition) is 3. The van der Waals surface area contributed by atoms with Crippen molar-refractivity contribution in [3.05, 3.63) is 58.4 Å². The maximum Gasteiger partial charge on any atom is 0.340 e. The molecule has 1 aromatic carbocycles. The lowest BCUT2D eigenvalue weighted by Crippen LogP contribution is -2.19. The molecule has 0 fully saturated rings. The van der Waals surface area contributed by atoms with Crippen molar-refractivity contribution in [1.29, 1.82) is 0 Å². The minimum absolute atomic E-state index is 0.285. The van der Waals surface area contributed by atoms with Gasteiger partial charge in [-0.1, -0.05) is 30.3 Å². The zero-order valence-corrected chi connectivity index (χ0v) is 13.1. The molecule has 0 radical (unpaired) electrons. The van der Waals surface area contributed by atoms with E-state index in [-0.39, 0.29) is 6.61 Å². The number of aromatic nitrogens is 1. The summed E-state index contributed by atoms with van der Waals surface area (Å²) >= 11 is 0. The van der Waals surface area contributed by atoms with E-state index in [0.717, 1.165) is 5.56 Å². The van der Waals surface area contributed by atoms with E-state index in [0.29, 0.717) is 29.1 Å². The largest absolute Gasteiger partial charge is 0.462 e. The van der Waals surface area contributed by atoms with E-state index < -0.39 is 11.9 Å². The number of nitrogens with zero attached hydrogens (tertiary/aromatic N) is 1. The first kappa shape index (κ1) is 15.8. The van der Waals surface area contributed by atoms with Crippen LogP contribution in [0.1, 0.15) is 44.6 Å². The van der Waals surface area contributed by atoms with Gasteiger partial charge < -0.3 is 15.0 Å². The average molecular weight is 300 g/mol. The Kier molecular flexibility index (Phi) is 4.65. The van der Waals surface area contributed by atoms with E-state index in [1.807, 2.05) is 30.3 Å². The van der Waals surface area contributed by atoms with Crippen molar-refractivity contribution < 1.29 is 14.3 Å². The molecule has 0 spiro atoms. The van der Waals surface area contributed by atoms with E-state index in [1.165, 1.54) is 0 Å². The molecular formula is C17H20N2O3. The van der Waals surface area contributed by atoms with Crippen LogP contribution in [0.2, 0.25) is 0 Å². The molecule has 0 atom stereocenters. The number of carbonyl (C=O) groups is 2. The standard InChI is InChI=1S/C17H20N2O3/c1-4-22-17(21)14-11(2)15(16(18)20)19(12(14)3)10-13-8-6-5-7-9-13/h5-9H,4,10H2,1-3H3,(H2,18,20). The molecular weight excluding hydrogens is 280 g/mol. The average Bonchev–Trinajstić information content (AvgIpc) is 2.71. The molecule has 0 saturated carbocycles. The Balaban J connectivity index is 2.55. The van der Waals surface area contributed by atoms with Gasteiger partial charge in [0, 0.05) is 12.2 Å². The van der Waals surface area contributed by atoms with E-state index in [1.54, 1.807) is 25.3 Å². The summed E-state index contributed by atoms with van der Waals surface area (Å²) in [6.07, 6.45) is 0. The molecule has 1 amide bonds. The van der Waals surface area contributed by atoms with Crippen LogP contribution in [0.15, 0.2) is 30.3 Å². The number of esters is 1. The lowest BCUT2D eigenvalue weighted by atomic mass is 10.1. The van der Waals surface area contributed by atoms with Gasteiger partial charge in [-0.2, -0.15) is 0 Å². The second kappa shape index (κ2) is 6.47. The molecule has 22 heavy (non-hydrogen) atoms. The zero-order valence-electron chi connectivity index (χ0n) is 13.1. The van der Waals surface area contributed by atoms with Crippen molar-refractivity contribution in [2.45, 2.75) is 27.3 Å². The van der Waals surface area contributed by atoms with E-state index in [2.05, 4.69) is 0 Å². The van der Waals surface area contributed by atoms with Crippen molar-refractivity contribution >= 4 is 11.9 Å². The van der Waals surface area contributed by atoms with Gasteiger partial charge in [0.2, 0.25) is 0 Å². The summed E-state index contributed by atoms with van der Waals surface area (Å²) in [6, 6.07) is 9.71. The molecule has 1 aromatic heterocycles. The fraction of sp³-hybridized carbons (Fsp3) is 0.294. The van der Waals surface area contributed by atoms with Gasteiger partial charge in [-0.05, 0) is 31.9 Å². The molecule has 2 aromatic rings. The van der Waals surface area contributed by atoms with Crippen LogP contribution in [0.4, 0.5) is 0 Å². The molecule has 0 bridgehead atoms. The summed E-state index contributed by atoms with van der Waals surface area (Å²) in [4.78, 5) is 24.0. The normalized spacial score (nSPS) is 10.5. The fourth-order valence-electron chi connectivity index (χ4n) is 2.68. The maximum atomic E-state index is 12.1. The molecule has 5 heteroatoms. The van der Waals surface area contributed by atoms with Gasteiger partial charge >= 0.3 is 5.97 Å². The van der Waals surface area contributed by atoms with Crippen molar-refractivity contribution in [3.63, 3.8) is 0 Å². The second-order valence-corrected chi connectivity index (χ2v) is 5.09. The smallest absolute Gasteiger partial charge is 0.340 e. The molecule has 5 nitrogen and oxygen atoms in total. The number of rotatable bonds is 5. The highest BCUT2D eigenvalue weighted by molar-refractivity contribution is 6.00. The Labute approximate surface area is 129 Å². The van der Waals surface area contributed by atoms with E-state index in [4.69, 9.17) is 10.5 Å². The van der Waals surface area contributed by atoms with Gasteiger partial charge in [0.15, 0.2) is 0 Å². The summed E-state index contributed by atoms with van der Waals surface area (Å²) < 4.78 is 6.86. The molecule has 0 aliphatic rings. The summed E-state index contributed by atoms with van der Waals surface area (Å²) in [5.41, 5.74) is 8.57. The van der Waals surface area contributed by atoms with Gasteiger partial charge in [-0.3, -0.25) is 4.79 Å². The van der Waals surface area contributed by atoms with Crippen molar-refractivity contribution in [2.24, 2.45) is 5.73 Å². The number of nitrogens with two attached hydrogens (primary N) is 1. The van der Waals surface area contributed by atoms with Gasteiger partial charge in [-0.25, -0.2) is 4.79 Å². The SMILES string of the molecule is CCOC(=O)c1c(C)c(C(N)=O)n(Cc2ccccc2)c1C. The molecule has 116 valence electrons. The minimum Gasteiger partial charge on any atom is -0.462 e. The van der Waals surface area contributed by atoms with Crippen LogP contribution in [0.25, 0.3) is 0 Å². The van der Waals surface area contributed by atoms with Gasteiger partial charge in [0.05, 0.1) is 12.2 Å². The van der Waals surface area contributed by atoms with Gasteiger partial charge in [0.25, 0.3) is 5.91 Å². The Bertz CT molecular complexity index is 702. The molecule has 0 saturated heterocycles. The highest BCUT2D eigenvalue weighted by atomic mass is 16.5. The minimum atomic E-state index is -0.549. The Morgan fingerprint density at radius 2 is 1.82 bits per heavy atom. The zero-order chi connectivity index (χ0) is 16.3. The predicted octanol–water partition coefficient (Wildman–Crippen LogP) is 2.43. The number of hydrogen-bond donors (Lipinski definition) is 1. The third kappa shape index (κ3) is 2.88. The molecule has 1 heterocycles. The fourth-order valence-corrected chi connectivity index (χ4v) is 2.68. The van der Waals surface area contributed by atoms with Crippen LogP contribution in [0.5, 0.6) is 0 Å². The third-order valence-electron chi connectivity index (χ3n) is 3.66. The van der Waals surface area contributed by atoms with Crippen LogP contribution in [0, 0.1) is 13.8 Å². The van der Waals surface area contributed by atoms with Crippen LogP contribution < -0.4 is 5.73 Å². The second-order valence-electron chi connectivity index (χ2n) is 5.09. The first-order valence-corrected chi connectivity index (χ1v) is 7.17. The monoisotopic (exact) mass is 300 g/mol. The Morgan fingerprint density at radius 3 is 2.36 bits per heavy atom. The van der Waals surface area contributed by atoms with Crippen LogP contribution in [-0.4, -0.2) is 23.1 Å². The highest BCUT2D eigenvalue weighted by Crippen LogP contribution is 2.24. The van der Waals surface area contributed by atoms with Crippen LogP contribution in [-0.2, 0) is 11.3 Å². The van der Waals surface area contributed by atoms with E-state index in [9.17, 15) is 9.59 Å². The lowest BCUT2D eigenvalue weighted by Gasteiger charge is -2.10. The number of primary amides is 1. The molecule has 2 N–H and O–H groups in total. The lowest BCUT2D eigenvalue weighted by molar-refractivity contribution is 0.0524. The van der Waals surface area contributed by atoms with E-state index >= 15 is 0 Å². The number of benzene rings is 1.